The Morgan fingerprint density at radius 2 is 1.97 bits per heavy atom. The van der Waals surface area contributed by atoms with Crippen LogP contribution in [-0.4, -0.2) is 43.0 Å². The van der Waals surface area contributed by atoms with Crippen molar-refractivity contribution in [2.75, 3.05) is 31.1 Å². The van der Waals surface area contributed by atoms with E-state index < -0.39 is 0 Å². The van der Waals surface area contributed by atoms with E-state index in [4.69, 9.17) is 22.3 Å². The first-order valence-corrected chi connectivity index (χ1v) is 11.2. The van der Waals surface area contributed by atoms with Crippen LogP contribution >= 0.6 is 11.6 Å². The summed E-state index contributed by atoms with van der Waals surface area (Å²) < 4.78 is 0. The van der Waals surface area contributed by atoms with Crippen molar-refractivity contribution in [2.24, 2.45) is 16.6 Å². The van der Waals surface area contributed by atoms with Crippen molar-refractivity contribution in [3.63, 3.8) is 0 Å². The van der Waals surface area contributed by atoms with Gasteiger partial charge in [0.1, 0.15) is 5.82 Å². The minimum absolute atomic E-state index is 0.0355. The topological polar surface area (TPSA) is 95.6 Å². The number of rotatable bonds is 8. The van der Waals surface area contributed by atoms with Crippen LogP contribution in [0.2, 0.25) is 5.02 Å². The first kappa shape index (κ1) is 22.9. The van der Waals surface area contributed by atoms with Gasteiger partial charge in [-0.3, -0.25) is 4.79 Å². The van der Waals surface area contributed by atoms with Crippen molar-refractivity contribution in [1.82, 2.24) is 15.6 Å². The van der Waals surface area contributed by atoms with Crippen LogP contribution in [0, 0.1) is 5.92 Å². The molecule has 0 atom stereocenters. The Bertz CT molecular complexity index is 878. The largest absolute Gasteiger partial charge is 0.369 e. The molecule has 0 radical (unpaired) electrons. The van der Waals surface area contributed by atoms with Gasteiger partial charge in [-0.2, -0.15) is 0 Å². The average Bonchev–Trinajstić information content (AvgIpc) is 2.79. The van der Waals surface area contributed by atoms with E-state index in [2.05, 4.69) is 33.5 Å². The van der Waals surface area contributed by atoms with E-state index in [1.807, 2.05) is 30.3 Å². The third kappa shape index (κ3) is 6.85. The molecule has 0 saturated carbocycles. The smallest absolute Gasteiger partial charge is 0.220 e. The predicted octanol–water partition coefficient (Wildman–Crippen LogP) is 2.73. The van der Waals surface area contributed by atoms with Crippen molar-refractivity contribution >= 4 is 29.3 Å². The second-order valence-electron chi connectivity index (χ2n) is 7.65. The second kappa shape index (κ2) is 11.6. The molecular weight excluding hydrogens is 412 g/mol. The van der Waals surface area contributed by atoms with Crippen LogP contribution in [0.1, 0.15) is 30.9 Å². The third-order valence-corrected chi connectivity index (χ3v) is 5.69. The number of piperidine rings is 1. The summed E-state index contributed by atoms with van der Waals surface area (Å²) in [5, 5.41) is 7.44. The second-order valence-corrected chi connectivity index (χ2v) is 8.08. The number of nitrogens with zero attached hydrogens (tertiary/aromatic N) is 3. The fraction of sp³-hybridized carbons (Fsp3) is 0.435. The molecule has 1 fully saturated rings. The van der Waals surface area contributed by atoms with Gasteiger partial charge >= 0.3 is 0 Å². The van der Waals surface area contributed by atoms with Gasteiger partial charge in [0.05, 0.1) is 6.54 Å². The molecule has 1 saturated heterocycles. The number of anilines is 1. The lowest BCUT2D eigenvalue weighted by atomic mass is 9.96. The fourth-order valence-corrected chi connectivity index (χ4v) is 3.82. The Balaban J connectivity index is 1.60. The Labute approximate surface area is 189 Å². The molecule has 1 aromatic carbocycles. The minimum Gasteiger partial charge on any atom is -0.369 e. The van der Waals surface area contributed by atoms with Gasteiger partial charge in [-0.1, -0.05) is 29.8 Å². The van der Waals surface area contributed by atoms with Crippen LogP contribution < -0.4 is 21.3 Å². The van der Waals surface area contributed by atoms with Crippen molar-refractivity contribution in [2.45, 2.75) is 32.7 Å². The number of primary amides is 1. The molecule has 2 heterocycles. The predicted molar refractivity (Wildman–Crippen MR) is 126 cm³/mol. The zero-order valence-corrected chi connectivity index (χ0v) is 18.7. The molecule has 1 amide bonds. The highest BCUT2D eigenvalue weighted by Crippen LogP contribution is 2.24. The molecule has 31 heavy (non-hydrogen) atoms. The maximum atomic E-state index is 11.4. The normalized spacial score (nSPS) is 15.0. The lowest BCUT2D eigenvalue weighted by Crippen LogP contribution is -2.39. The van der Waals surface area contributed by atoms with E-state index in [0.29, 0.717) is 6.54 Å². The number of nitrogens with one attached hydrogen (secondary N) is 2. The summed E-state index contributed by atoms with van der Waals surface area (Å²) in [6, 6.07) is 11.9. The number of halogens is 1. The molecule has 4 N–H and O–H groups in total. The molecule has 0 unspecified atom stereocenters. The number of benzene rings is 1. The number of aromatic nitrogens is 1. The molecule has 3 rings (SSSR count). The van der Waals surface area contributed by atoms with E-state index in [-0.39, 0.29) is 11.8 Å². The van der Waals surface area contributed by atoms with E-state index in [0.717, 1.165) is 67.8 Å². The summed E-state index contributed by atoms with van der Waals surface area (Å²) in [6.45, 7) is 5.69. The summed E-state index contributed by atoms with van der Waals surface area (Å²) in [5.74, 6) is 1.47. The lowest BCUT2D eigenvalue weighted by Gasteiger charge is -2.32. The van der Waals surface area contributed by atoms with Gasteiger partial charge in [-0.25, -0.2) is 9.98 Å². The van der Waals surface area contributed by atoms with Crippen LogP contribution in [0.4, 0.5) is 5.82 Å². The van der Waals surface area contributed by atoms with Crippen LogP contribution in [0.15, 0.2) is 47.6 Å². The van der Waals surface area contributed by atoms with Gasteiger partial charge in [-0.05, 0) is 49.9 Å². The first-order chi connectivity index (χ1) is 15.1. The number of nitrogens with two attached hydrogens (primary N) is 1. The van der Waals surface area contributed by atoms with Crippen molar-refractivity contribution < 1.29 is 4.79 Å². The molecule has 0 spiro atoms. The molecule has 1 aliphatic heterocycles. The lowest BCUT2D eigenvalue weighted by molar-refractivity contribution is -0.122. The van der Waals surface area contributed by atoms with E-state index >= 15 is 0 Å². The minimum atomic E-state index is -0.203. The van der Waals surface area contributed by atoms with Crippen molar-refractivity contribution in [1.29, 1.82) is 0 Å². The SMILES string of the molecule is CCNC(=NCc1cccnc1N1CCC(C(N)=O)CC1)NCCc1ccc(Cl)cc1. The highest BCUT2D eigenvalue weighted by molar-refractivity contribution is 6.30. The van der Waals surface area contributed by atoms with E-state index in [1.54, 1.807) is 6.20 Å². The molecule has 0 aliphatic carbocycles. The number of guanidine groups is 1. The van der Waals surface area contributed by atoms with Gasteiger partial charge < -0.3 is 21.3 Å². The molecule has 2 aromatic rings. The van der Waals surface area contributed by atoms with Crippen molar-refractivity contribution in [3.8, 4) is 0 Å². The number of aliphatic imine (C=N–C) groups is 1. The monoisotopic (exact) mass is 442 g/mol. The number of hydrogen-bond acceptors (Lipinski definition) is 4. The van der Waals surface area contributed by atoms with E-state index in [9.17, 15) is 4.79 Å². The summed E-state index contributed by atoms with van der Waals surface area (Å²) in [5.41, 5.74) is 7.75. The Hall–Kier alpha value is -2.80. The quantitative estimate of drug-likeness (QED) is 0.431. The van der Waals surface area contributed by atoms with Crippen LogP contribution in [0.25, 0.3) is 0 Å². The number of carbonyl (C=O) groups is 1. The van der Waals surface area contributed by atoms with Crippen LogP contribution in [0.5, 0.6) is 0 Å². The van der Waals surface area contributed by atoms with Crippen LogP contribution in [-0.2, 0) is 17.8 Å². The van der Waals surface area contributed by atoms with Gasteiger partial charge in [0.2, 0.25) is 5.91 Å². The Morgan fingerprint density at radius 3 is 2.65 bits per heavy atom. The average molecular weight is 443 g/mol. The maximum Gasteiger partial charge on any atom is 0.220 e. The third-order valence-electron chi connectivity index (χ3n) is 5.44. The Morgan fingerprint density at radius 1 is 1.23 bits per heavy atom. The zero-order valence-electron chi connectivity index (χ0n) is 18.0. The molecule has 7 nitrogen and oxygen atoms in total. The highest BCUT2D eigenvalue weighted by Gasteiger charge is 2.24. The summed E-state index contributed by atoms with van der Waals surface area (Å²) in [4.78, 5) is 23.0. The molecule has 1 aliphatic rings. The molecule has 0 bridgehead atoms. The number of hydrogen-bond donors (Lipinski definition) is 3. The van der Waals surface area contributed by atoms with Gasteiger partial charge in [0.15, 0.2) is 5.96 Å². The standard InChI is InChI=1S/C23H31ClN6O/c1-2-26-23(28-13-9-17-5-7-20(24)8-6-17)29-16-19-4-3-12-27-22(19)30-14-10-18(11-15-30)21(25)31/h3-8,12,18H,2,9-11,13-16H2,1H3,(H2,25,31)(H2,26,28,29). The maximum absolute atomic E-state index is 11.4. The van der Waals surface area contributed by atoms with E-state index in [1.165, 1.54) is 5.56 Å². The van der Waals surface area contributed by atoms with Gasteiger partial charge in [-0.15, -0.1) is 0 Å². The number of carbonyl (C=O) groups excluding carboxylic acids is 1. The Kier molecular flexibility index (Phi) is 8.53. The molecule has 1 aromatic heterocycles. The highest BCUT2D eigenvalue weighted by atomic mass is 35.5. The molecular formula is C23H31ClN6O. The zero-order chi connectivity index (χ0) is 22.1. The molecule has 166 valence electrons. The summed E-state index contributed by atoms with van der Waals surface area (Å²) in [7, 11) is 0. The van der Waals surface area contributed by atoms with Crippen LogP contribution in [0.3, 0.4) is 0 Å². The molecule has 8 heteroatoms. The van der Waals surface area contributed by atoms with Gasteiger partial charge in [0.25, 0.3) is 0 Å². The van der Waals surface area contributed by atoms with Crippen molar-refractivity contribution in [3.05, 3.63) is 58.7 Å². The number of amides is 1. The summed E-state index contributed by atoms with van der Waals surface area (Å²) in [6.07, 6.45) is 4.22. The fourth-order valence-electron chi connectivity index (χ4n) is 3.70. The number of pyridine rings is 1. The first-order valence-electron chi connectivity index (χ1n) is 10.8. The summed E-state index contributed by atoms with van der Waals surface area (Å²) >= 11 is 5.95. The van der Waals surface area contributed by atoms with Gasteiger partial charge in [0, 0.05) is 48.9 Å².